The quantitative estimate of drug-likeness (QED) is 0.800. The molecule has 0 amide bonds. The monoisotopic (exact) mass is 315 g/mol. The summed E-state index contributed by atoms with van der Waals surface area (Å²) in [5, 5.41) is 8.65. The van der Waals surface area contributed by atoms with Gasteiger partial charge >= 0.3 is 0 Å². The number of rotatable bonds is 6. The number of aromatic nitrogens is 1. The van der Waals surface area contributed by atoms with Crippen LogP contribution in [0.15, 0.2) is 17.2 Å². The molecule has 0 aromatic carbocycles. The lowest BCUT2D eigenvalue weighted by Crippen LogP contribution is -2.37. The molecule has 1 rings (SSSR count). The van der Waals surface area contributed by atoms with E-state index >= 15 is 0 Å². The van der Waals surface area contributed by atoms with E-state index in [2.05, 4.69) is 4.98 Å². The standard InChI is InChI=1S/C9H12ClF2N3O3S/c10-7-3-6(4-14-9(7)13)19(17,18)15(1-2-16)5-8(11)12/h3-4,8,16H,1-2,5H2,(H2,13,14). The summed E-state index contributed by atoms with van der Waals surface area (Å²) in [4.78, 5) is 3.20. The molecule has 0 spiro atoms. The average molecular weight is 316 g/mol. The van der Waals surface area contributed by atoms with Crippen molar-refractivity contribution in [1.82, 2.24) is 9.29 Å². The molecule has 108 valence electrons. The summed E-state index contributed by atoms with van der Waals surface area (Å²) in [5.74, 6) is -0.0665. The molecule has 19 heavy (non-hydrogen) atoms. The molecule has 6 nitrogen and oxygen atoms in total. The number of sulfonamides is 1. The molecule has 0 unspecified atom stereocenters. The first-order valence-corrected chi connectivity index (χ1v) is 6.91. The van der Waals surface area contributed by atoms with Gasteiger partial charge in [0, 0.05) is 12.7 Å². The molecule has 0 aliphatic heterocycles. The number of pyridine rings is 1. The first-order valence-electron chi connectivity index (χ1n) is 5.09. The van der Waals surface area contributed by atoms with E-state index in [1.54, 1.807) is 0 Å². The van der Waals surface area contributed by atoms with Gasteiger partial charge in [0.1, 0.15) is 10.7 Å². The van der Waals surface area contributed by atoms with Crippen LogP contribution in [0.5, 0.6) is 0 Å². The molecule has 1 aromatic rings. The first kappa shape index (κ1) is 16.0. The van der Waals surface area contributed by atoms with Gasteiger partial charge in [0.15, 0.2) is 0 Å². The normalized spacial score (nSPS) is 12.3. The van der Waals surface area contributed by atoms with Crippen LogP contribution in [0.1, 0.15) is 0 Å². The molecule has 1 heterocycles. The van der Waals surface area contributed by atoms with Crippen LogP contribution in [0.3, 0.4) is 0 Å². The Bertz CT molecular complexity index is 542. The fourth-order valence-electron chi connectivity index (χ4n) is 1.30. The fraction of sp³-hybridized carbons (Fsp3) is 0.444. The number of anilines is 1. The van der Waals surface area contributed by atoms with Crippen LogP contribution in [0, 0.1) is 0 Å². The van der Waals surface area contributed by atoms with Crippen molar-refractivity contribution in [1.29, 1.82) is 0 Å². The summed E-state index contributed by atoms with van der Waals surface area (Å²) in [5.41, 5.74) is 5.34. The Labute approximate surface area is 113 Å². The van der Waals surface area contributed by atoms with E-state index in [1.165, 1.54) is 0 Å². The van der Waals surface area contributed by atoms with Crippen LogP contribution in [-0.4, -0.2) is 48.9 Å². The third-order valence-electron chi connectivity index (χ3n) is 2.17. The number of alkyl halides is 2. The van der Waals surface area contributed by atoms with Crippen molar-refractivity contribution in [3.05, 3.63) is 17.3 Å². The van der Waals surface area contributed by atoms with Crippen LogP contribution >= 0.6 is 11.6 Å². The average Bonchev–Trinajstić information content (AvgIpc) is 2.31. The second-order valence-corrected chi connectivity index (χ2v) is 5.86. The number of hydrogen-bond donors (Lipinski definition) is 2. The Balaban J connectivity index is 3.14. The highest BCUT2D eigenvalue weighted by molar-refractivity contribution is 7.89. The molecule has 3 N–H and O–H groups in total. The number of nitrogen functional groups attached to an aromatic ring is 1. The Morgan fingerprint density at radius 1 is 1.53 bits per heavy atom. The van der Waals surface area contributed by atoms with Crippen LogP contribution in [0.4, 0.5) is 14.6 Å². The maximum absolute atomic E-state index is 12.3. The second-order valence-electron chi connectivity index (χ2n) is 3.52. The van der Waals surface area contributed by atoms with Crippen molar-refractivity contribution >= 4 is 27.4 Å². The summed E-state index contributed by atoms with van der Waals surface area (Å²) in [6, 6.07) is 1.02. The minimum absolute atomic E-state index is 0.0665. The largest absolute Gasteiger partial charge is 0.395 e. The number of hydrogen-bond acceptors (Lipinski definition) is 5. The lowest BCUT2D eigenvalue weighted by Gasteiger charge is -2.20. The molecular formula is C9H12ClF2N3O3S. The molecule has 0 aliphatic carbocycles. The van der Waals surface area contributed by atoms with Crippen molar-refractivity contribution in [2.24, 2.45) is 0 Å². The zero-order chi connectivity index (χ0) is 14.6. The zero-order valence-corrected chi connectivity index (χ0v) is 11.2. The predicted octanol–water partition coefficient (Wildman–Crippen LogP) is 0.565. The Hall–Kier alpha value is -1.03. The molecule has 0 radical (unpaired) electrons. The van der Waals surface area contributed by atoms with Crippen LogP contribution in [0.25, 0.3) is 0 Å². The lowest BCUT2D eigenvalue weighted by atomic mass is 10.5. The van der Waals surface area contributed by atoms with Gasteiger partial charge in [-0.2, -0.15) is 4.31 Å². The van der Waals surface area contributed by atoms with Crippen LogP contribution in [0.2, 0.25) is 5.02 Å². The van der Waals surface area contributed by atoms with E-state index < -0.39 is 36.1 Å². The van der Waals surface area contributed by atoms with E-state index in [0.29, 0.717) is 4.31 Å². The van der Waals surface area contributed by atoms with Crippen LogP contribution < -0.4 is 5.73 Å². The van der Waals surface area contributed by atoms with Gasteiger partial charge in [-0.3, -0.25) is 0 Å². The van der Waals surface area contributed by atoms with Crippen molar-refractivity contribution in [3.63, 3.8) is 0 Å². The van der Waals surface area contributed by atoms with E-state index in [1.807, 2.05) is 0 Å². The Kier molecular flexibility index (Phi) is 5.41. The maximum atomic E-state index is 12.3. The summed E-state index contributed by atoms with van der Waals surface area (Å²) in [6.45, 7) is -2.05. The fourth-order valence-corrected chi connectivity index (χ4v) is 2.91. The first-order chi connectivity index (χ1) is 8.78. The number of halogens is 3. The zero-order valence-electron chi connectivity index (χ0n) is 9.63. The molecular weight excluding hydrogens is 304 g/mol. The van der Waals surface area contributed by atoms with Gasteiger partial charge in [0.05, 0.1) is 18.2 Å². The van der Waals surface area contributed by atoms with Gasteiger partial charge < -0.3 is 10.8 Å². The summed E-state index contributed by atoms with van der Waals surface area (Å²) < 4.78 is 49.3. The number of nitrogens with two attached hydrogens (primary N) is 1. The van der Waals surface area contributed by atoms with Gasteiger partial charge in [-0.15, -0.1) is 0 Å². The van der Waals surface area contributed by atoms with Gasteiger partial charge in [-0.1, -0.05) is 11.6 Å². The summed E-state index contributed by atoms with van der Waals surface area (Å²) in [7, 11) is -4.21. The van der Waals surface area contributed by atoms with E-state index in [0.717, 1.165) is 12.3 Å². The topological polar surface area (TPSA) is 96.5 Å². The third-order valence-corrected chi connectivity index (χ3v) is 4.31. The smallest absolute Gasteiger partial charge is 0.252 e. The Morgan fingerprint density at radius 3 is 2.63 bits per heavy atom. The molecule has 0 bridgehead atoms. The number of aliphatic hydroxyl groups is 1. The minimum atomic E-state index is -4.21. The maximum Gasteiger partial charge on any atom is 0.252 e. The van der Waals surface area contributed by atoms with Gasteiger partial charge in [-0.25, -0.2) is 22.2 Å². The van der Waals surface area contributed by atoms with Crippen molar-refractivity contribution < 1.29 is 22.3 Å². The van der Waals surface area contributed by atoms with E-state index in [9.17, 15) is 17.2 Å². The van der Waals surface area contributed by atoms with Crippen LogP contribution in [-0.2, 0) is 10.0 Å². The van der Waals surface area contributed by atoms with Gasteiger partial charge in [0.25, 0.3) is 6.43 Å². The molecule has 1 aromatic heterocycles. The van der Waals surface area contributed by atoms with E-state index in [-0.39, 0.29) is 15.7 Å². The van der Waals surface area contributed by atoms with Gasteiger partial charge in [0.2, 0.25) is 10.0 Å². The van der Waals surface area contributed by atoms with Crippen molar-refractivity contribution in [2.75, 3.05) is 25.4 Å². The molecule has 0 atom stereocenters. The molecule has 10 heteroatoms. The highest BCUT2D eigenvalue weighted by Crippen LogP contribution is 2.22. The number of nitrogens with zero attached hydrogens (tertiary/aromatic N) is 2. The summed E-state index contributed by atoms with van der Waals surface area (Å²) in [6.07, 6.45) is -1.94. The third kappa shape index (κ3) is 3.96. The highest BCUT2D eigenvalue weighted by Gasteiger charge is 2.27. The lowest BCUT2D eigenvalue weighted by molar-refractivity contribution is 0.113. The molecule has 0 aliphatic rings. The highest BCUT2D eigenvalue weighted by atomic mass is 35.5. The van der Waals surface area contributed by atoms with Crippen molar-refractivity contribution in [2.45, 2.75) is 11.3 Å². The van der Waals surface area contributed by atoms with E-state index in [4.69, 9.17) is 22.4 Å². The minimum Gasteiger partial charge on any atom is -0.395 e. The predicted molar refractivity (Wildman–Crippen MR) is 65.5 cm³/mol. The molecule has 0 fully saturated rings. The molecule has 0 saturated heterocycles. The molecule has 0 saturated carbocycles. The van der Waals surface area contributed by atoms with Crippen molar-refractivity contribution in [3.8, 4) is 0 Å². The number of aliphatic hydroxyl groups excluding tert-OH is 1. The summed E-state index contributed by atoms with van der Waals surface area (Å²) >= 11 is 5.64. The van der Waals surface area contributed by atoms with Gasteiger partial charge in [-0.05, 0) is 6.07 Å². The second kappa shape index (κ2) is 6.42. The SMILES string of the molecule is Nc1ncc(S(=O)(=O)N(CCO)CC(F)F)cc1Cl. The Morgan fingerprint density at radius 2 is 2.16 bits per heavy atom.